The summed E-state index contributed by atoms with van der Waals surface area (Å²) in [6.07, 6.45) is 1.80. The maximum absolute atomic E-state index is 5.19. The van der Waals surface area contributed by atoms with E-state index in [0.717, 1.165) is 15.8 Å². The van der Waals surface area contributed by atoms with Crippen molar-refractivity contribution in [1.29, 1.82) is 0 Å². The zero-order valence-electron chi connectivity index (χ0n) is 7.86. The lowest BCUT2D eigenvalue weighted by Crippen LogP contribution is -1.98. The normalized spacial score (nSPS) is 12.4. The Morgan fingerprint density at radius 2 is 2.00 bits per heavy atom. The molecule has 1 nitrogen and oxygen atoms in total. The fourth-order valence-corrected chi connectivity index (χ4v) is 1.37. The van der Waals surface area contributed by atoms with Gasteiger partial charge in [-0.3, -0.25) is 0 Å². The molecule has 0 radical (unpaired) electrons. The van der Waals surface area contributed by atoms with Gasteiger partial charge in [0.2, 0.25) is 0 Å². The van der Waals surface area contributed by atoms with E-state index in [0.29, 0.717) is 5.92 Å². The lowest BCUT2D eigenvalue weighted by Gasteiger charge is -2.12. The standard InChI is InChI=1S/C10H15BrO/c1-6-9(7(2)3)10(12-5)8(4)11/h6-7H,1,4H2,2-3,5H3/b10-9-. The molecule has 0 spiro atoms. The molecule has 0 aromatic carbocycles. The Balaban J connectivity index is 5.01. The minimum absolute atomic E-state index is 0.395. The number of allylic oxidation sites excluding steroid dienone is 3. The molecule has 0 rings (SSSR count). The Bertz CT molecular complexity index is 214. The number of rotatable bonds is 4. The van der Waals surface area contributed by atoms with Crippen molar-refractivity contribution in [2.45, 2.75) is 13.8 Å². The van der Waals surface area contributed by atoms with Gasteiger partial charge < -0.3 is 4.74 Å². The van der Waals surface area contributed by atoms with Crippen LogP contribution in [0.1, 0.15) is 13.8 Å². The van der Waals surface area contributed by atoms with Crippen LogP contribution in [0.25, 0.3) is 0 Å². The highest BCUT2D eigenvalue weighted by Gasteiger charge is 2.09. The summed E-state index contributed by atoms with van der Waals surface area (Å²) >= 11 is 3.29. The maximum atomic E-state index is 5.19. The van der Waals surface area contributed by atoms with E-state index in [-0.39, 0.29) is 0 Å². The molecule has 0 fully saturated rings. The molecule has 0 aliphatic heterocycles. The summed E-state index contributed by atoms with van der Waals surface area (Å²) in [7, 11) is 1.63. The van der Waals surface area contributed by atoms with Gasteiger partial charge in [-0.25, -0.2) is 0 Å². The summed E-state index contributed by atoms with van der Waals surface area (Å²) in [5, 5.41) is 0. The average Bonchev–Trinajstić information content (AvgIpc) is 1.98. The van der Waals surface area contributed by atoms with Crippen LogP contribution in [0.3, 0.4) is 0 Å². The zero-order valence-corrected chi connectivity index (χ0v) is 9.44. The van der Waals surface area contributed by atoms with Gasteiger partial charge >= 0.3 is 0 Å². The first-order chi connectivity index (χ1) is 5.54. The van der Waals surface area contributed by atoms with Crippen molar-refractivity contribution in [3.8, 4) is 0 Å². The second kappa shape index (κ2) is 5.20. The second-order valence-corrected chi connectivity index (χ2v) is 3.71. The van der Waals surface area contributed by atoms with Crippen molar-refractivity contribution in [1.82, 2.24) is 0 Å². The molecule has 0 saturated carbocycles. The van der Waals surface area contributed by atoms with E-state index in [4.69, 9.17) is 4.74 Å². The first-order valence-corrected chi connectivity index (χ1v) is 4.59. The molecule has 0 aliphatic carbocycles. The molecule has 0 bridgehead atoms. The first kappa shape index (κ1) is 11.5. The van der Waals surface area contributed by atoms with E-state index < -0.39 is 0 Å². The number of halogens is 1. The summed E-state index contributed by atoms with van der Waals surface area (Å²) in [6.45, 7) is 11.7. The smallest absolute Gasteiger partial charge is 0.135 e. The molecular formula is C10H15BrO. The zero-order chi connectivity index (χ0) is 9.72. The minimum Gasteiger partial charge on any atom is -0.495 e. The van der Waals surface area contributed by atoms with Crippen LogP contribution in [0.4, 0.5) is 0 Å². The summed E-state index contributed by atoms with van der Waals surface area (Å²) in [5.41, 5.74) is 1.07. The minimum atomic E-state index is 0.395. The molecule has 0 aromatic rings. The molecule has 0 unspecified atom stereocenters. The lowest BCUT2D eigenvalue weighted by molar-refractivity contribution is 0.298. The van der Waals surface area contributed by atoms with Gasteiger partial charge in [-0.05, 0) is 27.4 Å². The van der Waals surface area contributed by atoms with E-state index in [9.17, 15) is 0 Å². The maximum Gasteiger partial charge on any atom is 0.135 e. The molecule has 12 heavy (non-hydrogen) atoms. The van der Waals surface area contributed by atoms with E-state index in [1.807, 2.05) is 0 Å². The summed E-state index contributed by atoms with van der Waals surface area (Å²) in [6, 6.07) is 0. The van der Waals surface area contributed by atoms with E-state index in [2.05, 4.69) is 42.9 Å². The van der Waals surface area contributed by atoms with Crippen LogP contribution >= 0.6 is 15.9 Å². The molecule has 0 amide bonds. The van der Waals surface area contributed by atoms with Crippen molar-refractivity contribution < 1.29 is 4.74 Å². The third-order valence-corrected chi connectivity index (χ3v) is 1.91. The third kappa shape index (κ3) is 2.86. The Kier molecular flexibility index (Phi) is 4.98. The van der Waals surface area contributed by atoms with Gasteiger partial charge in [0.25, 0.3) is 0 Å². The monoisotopic (exact) mass is 230 g/mol. The molecule has 0 aliphatic rings. The van der Waals surface area contributed by atoms with Gasteiger partial charge in [0, 0.05) is 0 Å². The molecule has 0 heterocycles. The predicted molar refractivity (Wildman–Crippen MR) is 57.1 cm³/mol. The van der Waals surface area contributed by atoms with Crippen LogP contribution in [0.2, 0.25) is 0 Å². The van der Waals surface area contributed by atoms with Gasteiger partial charge in [0.15, 0.2) is 0 Å². The highest BCUT2D eigenvalue weighted by molar-refractivity contribution is 9.11. The first-order valence-electron chi connectivity index (χ1n) is 3.80. The van der Waals surface area contributed by atoms with Gasteiger partial charge in [-0.1, -0.05) is 33.1 Å². The fraction of sp³-hybridized carbons (Fsp3) is 0.400. The van der Waals surface area contributed by atoms with Gasteiger partial charge in [-0.2, -0.15) is 0 Å². The Labute approximate surface area is 82.9 Å². The molecule has 0 aromatic heterocycles. The molecular weight excluding hydrogens is 216 g/mol. The SMILES string of the molecule is C=C/C(=C(/OC)C(=C)Br)C(C)C. The molecule has 68 valence electrons. The summed E-state index contributed by atoms with van der Waals surface area (Å²) in [4.78, 5) is 0. The Morgan fingerprint density at radius 3 is 2.08 bits per heavy atom. The van der Waals surface area contributed by atoms with Crippen LogP contribution in [0.15, 0.2) is 35.0 Å². The summed E-state index contributed by atoms with van der Waals surface area (Å²) in [5.74, 6) is 1.17. The van der Waals surface area contributed by atoms with Crippen molar-refractivity contribution in [2.24, 2.45) is 5.92 Å². The van der Waals surface area contributed by atoms with E-state index in [1.165, 1.54) is 0 Å². The van der Waals surface area contributed by atoms with Crippen LogP contribution in [0, 0.1) is 5.92 Å². The highest BCUT2D eigenvalue weighted by atomic mass is 79.9. The van der Waals surface area contributed by atoms with Gasteiger partial charge in [-0.15, -0.1) is 0 Å². The van der Waals surface area contributed by atoms with Crippen molar-refractivity contribution in [3.05, 3.63) is 35.0 Å². The van der Waals surface area contributed by atoms with E-state index >= 15 is 0 Å². The average molecular weight is 231 g/mol. The second-order valence-electron chi connectivity index (χ2n) is 2.75. The number of hydrogen-bond acceptors (Lipinski definition) is 1. The van der Waals surface area contributed by atoms with Crippen molar-refractivity contribution in [2.75, 3.05) is 7.11 Å². The van der Waals surface area contributed by atoms with Crippen molar-refractivity contribution >= 4 is 15.9 Å². The Morgan fingerprint density at radius 1 is 1.50 bits per heavy atom. The Hall–Kier alpha value is -0.500. The van der Waals surface area contributed by atoms with Gasteiger partial charge in [0.1, 0.15) is 5.76 Å². The topological polar surface area (TPSA) is 9.23 Å². The number of methoxy groups -OCH3 is 1. The summed E-state index contributed by atoms with van der Waals surface area (Å²) < 4.78 is 5.95. The van der Waals surface area contributed by atoms with Gasteiger partial charge in [0.05, 0.1) is 11.6 Å². The van der Waals surface area contributed by atoms with Crippen molar-refractivity contribution in [3.63, 3.8) is 0 Å². The fourth-order valence-electron chi connectivity index (χ4n) is 0.976. The predicted octanol–water partition coefficient (Wildman–Crippen LogP) is 3.64. The third-order valence-electron chi connectivity index (χ3n) is 1.55. The number of hydrogen-bond donors (Lipinski definition) is 0. The largest absolute Gasteiger partial charge is 0.495 e. The molecule has 0 saturated heterocycles. The van der Waals surface area contributed by atoms with Crippen LogP contribution < -0.4 is 0 Å². The lowest BCUT2D eigenvalue weighted by atomic mass is 10.0. The quantitative estimate of drug-likeness (QED) is 0.530. The molecule has 2 heteroatoms. The van der Waals surface area contributed by atoms with Crippen LogP contribution in [-0.4, -0.2) is 7.11 Å². The van der Waals surface area contributed by atoms with Crippen LogP contribution in [0.5, 0.6) is 0 Å². The van der Waals surface area contributed by atoms with E-state index in [1.54, 1.807) is 13.2 Å². The highest BCUT2D eigenvalue weighted by Crippen LogP contribution is 2.24. The van der Waals surface area contributed by atoms with Crippen LogP contribution in [-0.2, 0) is 4.74 Å². The molecule has 0 N–H and O–H groups in total. The number of ether oxygens (including phenoxy) is 1. The molecule has 0 atom stereocenters.